The van der Waals surface area contributed by atoms with Gasteiger partial charge in [0.05, 0.1) is 11.2 Å². The molecule has 0 radical (unpaired) electrons. The normalized spacial score (nSPS) is 17.9. The van der Waals surface area contributed by atoms with Gasteiger partial charge in [-0.1, -0.05) is 12.1 Å². The first kappa shape index (κ1) is 9.21. The molecule has 1 aliphatic rings. The van der Waals surface area contributed by atoms with Crippen LogP contribution in [0.2, 0.25) is 0 Å². The molecule has 2 rings (SSSR count). The van der Waals surface area contributed by atoms with Crippen molar-refractivity contribution in [2.75, 3.05) is 0 Å². The van der Waals surface area contributed by atoms with Crippen LogP contribution in [0.25, 0.3) is 0 Å². The van der Waals surface area contributed by atoms with E-state index in [1.165, 1.54) is 0 Å². The Morgan fingerprint density at radius 2 is 2.07 bits per heavy atom. The lowest BCUT2D eigenvalue weighted by atomic mass is 10.0. The number of rotatable bonds is 2. The molecule has 0 unspecified atom stereocenters. The number of aryl methyl sites for hydroxylation is 1. The van der Waals surface area contributed by atoms with E-state index in [0.717, 1.165) is 24.0 Å². The first-order valence-corrected chi connectivity index (χ1v) is 4.60. The molecular formula is C11H12O3. The van der Waals surface area contributed by atoms with Gasteiger partial charge >= 0.3 is 5.97 Å². The quantitative estimate of drug-likeness (QED) is 0.749. The molecule has 1 saturated carbocycles. The van der Waals surface area contributed by atoms with Gasteiger partial charge in [0.25, 0.3) is 0 Å². The number of carboxylic acid groups (broad SMARTS) is 1. The zero-order chi connectivity index (χ0) is 10.3. The van der Waals surface area contributed by atoms with Crippen LogP contribution in [0.4, 0.5) is 0 Å². The standard InChI is InChI=1S/C11H12O3/c1-7-2-3-8(11(14)4-5-11)6-9(7)10(12)13/h2-3,6,14H,4-5H2,1H3,(H,12,13). The summed E-state index contributed by atoms with van der Waals surface area (Å²) in [6.45, 7) is 1.75. The summed E-state index contributed by atoms with van der Waals surface area (Å²) in [5, 5.41) is 18.7. The average Bonchev–Trinajstić information content (AvgIpc) is 2.85. The van der Waals surface area contributed by atoms with E-state index in [-0.39, 0.29) is 5.56 Å². The Bertz CT molecular complexity index is 392. The molecule has 14 heavy (non-hydrogen) atoms. The van der Waals surface area contributed by atoms with Crippen LogP contribution in [0.5, 0.6) is 0 Å². The molecule has 0 bridgehead atoms. The average molecular weight is 192 g/mol. The smallest absolute Gasteiger partial charge is 0.335 e. The monoisotopic (exact) mass is 192 g/mol. The summed E-state index contributed by atoms with van der Waals surface area (Å²) in [6, 6.07) is 5.12. The van der Waals surface area contributed by atoms with Crippen LogP contribution in [0.15, 0.2) is 18.2 Å². The molecule has 0 saturated heterocycles. The second kappa shape index (κ2) is 2.82. The Kier molecular flexibility index (Phi) is 1.86. The Hall–Kier alpha value is -1.35. The highest BCUT2D eigenvalue weighted by Crippen LogP contribution is 2.45. The molecule has 2 N–H and O–H groups in total. The highest BCUT2D eigenvalue weighted by molar-refractivity contribution is 5.89. The molecule has 1 aromatic rings. The van der Waals surface area contributed by atoms with Gasteiger partial charge in [0.15, 0.2) is 0 Å². The zero-order valence-electron chi connectivity index (χ0n) is 7.95. The Morgan fingerprint density at radius 3 is 2.57 bits per heavy atom. The molecular weight excluding hydrogens is 180 g/mol. The van der Waals surface area contributed by atoms with E-state index >= 15 is 0 Å². The summed E-state index contributed by atoms with van der Waals surface area (Å²) in [6.07, 6.45) is 1.46. The van der Waals surface area contributed by atoms with Crippen molar-refractivity contribution >= 4 is 5.97 Å². The van der Waals surface area contributed by atoms with Crippen LogP contribution in [-0.2, 0) is 5.60 Å². The molecule has 0 amide bonds. The Labute approximate surface area is 82.0 Å². The van der Waals surface area contributed by atoms with Crippen molar-refractivity contribution in [2.24, 2.45) is 0 Å². The number of carbonyl (C=O) groups is 1. The Morgan fingerprint density at radius 1 is 1.43 bits per heavy atom. The van der Waals surface area contributed by atoms with Crippen LogP contribution < -0.4 is 0 Å². The minimum Gasteiger partial charge on any atom is -0.478 e. The van der Waals surface area contributed by atoms with Crippen molar-refractivity contribution in [1.82, 2.24) is 0 Å². The third kappa shape index (κ3) is 1.40. The summed E-state index contributed by atoms with van der Waals surface area (Å²) in [5.74, 6) is -0.936. The van der Waals surface area contributed by atoms with Crippen molar-refractivity contribution in [3.63, 3.8) is 0 Å². The number of hydrogen-bond acceptors (Lipinski definition) is 2. The first-order valence-electron chi connectivity index (χ1n) is 4.60. The number of hydrogen-bond donors (Lipinski definition) is 2. The molecule has 74 valence electrons. The fraction of sp³-hybridized carbons (Fsp3) is 0.364. The van der Waals surface area contributed by atoms with Gasteiger partial charge in [0.2, 0.25) is 0 Å². The molecule has 1 aliphatic carbocycles. The van der Waals surface area contributed by atoms with Crippen LogP contribution in [0.3, 0.4) is 0 Å². The highest BCUT2D eigenvalue weighted by atomic mass is 16.4. The van der Waals surface area contributed by atoms with Gasteiger partial charge in [-0.05, 0) is 37.0 Å². The molecule has 3 nitrogen and oxygen atoms in total. The minimum absolute atomic E-state index is 0.280. The summed E-state index contributed by atoms with van der Waals surface area (Å²) in [4.78, 5) is 10.8. The van der Waals surface area contributed by atoms with Crippen LogP contribution in [-0.4, -0.2) is 16.2 Å². The largest absolute Gasteiger partial charge is 0.478 e. The molecule has 0 aromatic heterocycles. The van der Waals surface area contributed by atoms with E-state index in [2.05, 4.69) is 0 Å². The molecule has 3 heteroatoms. The lowest BCUT2D eigenvalue weighted by Crippen LogP contribution is -2.08. The third-order valence-electron chi connectivity index (χ3n) is 2.73. The number of benzene rings is 1. The summed E-state index contributed by atoms with van der Waals surface area (Å²) in [7, 11) is 0. The van der Waals surface area contributed by atoms with Crippen molar-refractivity contribution in [3.05, 3.63) is 34.9 Å². The topological polar surface area (TPSA) is 57.5 Å². The van der Waals surface area contributed by atoms with E-state index in [1.807, 2.05) is 0 Å². The minimum atomic E-state index is -0.936. The molecule has 1 aromatic carbocycles. The molecule has 1 fully saturated rings. The summed E-state index contributed by atoms with van der Waals surface area (Å²) >= 11 is 0. The number of aliphatic hydroxyl groups is 1. The maximum atomic E-state index is 10.8. The zero-order valence-corrected chi connectivity index (χ0v) is 7.95. The van der Waals surface area contributed by atoms with Crippen molar-refractivity contribution in [2.45, 2.75) is 25.4 Å². The second-order valence-corrected chi connectivity index (χ2v) is 3.87. The second-order valence-electron chi connectivity index (χ2n) is 3.87. The fourth-order valence-electron chi connectivity index (χ4n) is 1.55. The van der Waals surface area contributed by atoms with Crippen LogP contribution >= 0.6 is 0 Å². The maximum absolute atomic E-state index is 10.8. The van der Waals surface area contributed by atoms with Crippen LogP contribution in [0.1, 0.15) is 34.3 Å². The van der Waals surface area contributed by atoms with E-state index in [0.29, 0.717) is 0 Å². The molecule has 0 atom stereocenters. The van der Waals surface area contributed by atoms with E-state index in [1.54, 1.807) is 25.1 Å². The van der Waals surface area contributed by atoms with Crippen molar-refractivity contribution in [3.8, 4) is 0 Å². The van der Waals surface area contributed by atoms with Gasteiger partial charge in [-0.3, -0.25) is 0 Å². The van der Waals surface area contributed by atoms with E-state index in [4.69, 9.17) is 5.11 Å². The lowest BCUT2D eigenvalue weighted by molar-refractivity contribution is 0.0695. The van der Waals surface area contributed by atoms with E-state index in [9.17, 15) is 9.90 Å². The molecule has 0 spiro atoms. The van der Waals surface area contributed by atoms with Gasteiger partial charge in [0.1, 0.15) is 0 Å². The van der Waals surface area contributed by atoms with Gasteiger partial charge in [-0.15, -0.1) is 0 Å². The SMILES string of the molecule is Cc1ccc(C2(O)CC2)cc1C(=O)O. The van der Waals surface area contributed by atoms with Gasteiger partial charge in [-0.2, -0.15) is 0 Å². The van der Waals surface area contributed by atoms with E-state index < -0.39 is 11.6 Å². The lowest BCUT2D eigenvalue weighted by Gasteiger charge is -2.10. The van der Waals surface area contributed by atoms with Crippen molar-refractivity contribution in [1.29, 1.82) is 0 Å². The third-order valence-corrected chi connectivity index (χ3v) is 2.73. The van der Waals surface area contributed by atoms with Gasteiger partial charge < -0.3 is 10.2 Å². The summed E-state index contributed by atoms with van der Waals surface area (Å²) < 4.78 is 0. The Balaban J connectivity index is 2.46. The molecule has 0 aliphatic heterocycles. The van der Waals surface area contributed by atoms with Crippen molar-refractivity contribution < 1.29 is 15.0 Å². The predicted molar refractivity (Wildman–Crippen MR) is 51.3 cm³/mol. The molecule has 0 heterocycles. The maximum Gasteiger partial charge on any atom is 0.335 e. The van der Waals surface area contributed by atoms with Gasteiger partial charge in [-0.25, -0.2) is 4.79 Å². The predicted octanol–water partition coefficient (Wildman–Crippen LogP) is 1.67. The highest BCUT2D eigenvalue weighted by Gasteiger charge is 2.42. The fourth-order valence-corrected chi connectivity index (χ4v) is 1.55. The number of aromatic carboxylic acids is 1. The number of carboxylic acids is 1. The first-order chi connectivity index (χ1) is 6.53. The van der Waals surface area contributed by atoms with Crippen LogP contribution in [0, 0.1) is 6.92 Å². The summed E-state index contributed by atoms with van der Waals surface area (Å²) in [5.41, 5.74) is 0.978. The van der Waals surface area contributed by atoms with Gasteiger partial charge in [0, 0.05) is 0 Å².